The molecule has 1 aliphatic heterocycles. The van der Waals surface area contributed by atoms with Crippen molar-refractivity contribution in [3.63, 3.8) is 0 Å². The molecule has 1 aromatic heterocycles. The van der Waals surface area contributed by atoms with E-state index in [0.717, 1.165) is 4.57 Å². The number of carbonyl (C=O) groups is 1. The molecule has 4 nitrogen and oxygen atoms in total. The zero-order valence-electron chi connectivity index (χ0n) is 10.1. The number of carbonyl (C=O) groups excluding carboxylic acids is 1. The van der Waals surface area contributed by atoms with E-state index in [-0.39, 0.29) is 11.5 Å². The van der Waals surface area contributed by atoms with Crippen LogP contribution < -0.4 is 5.56 Å². The van der Waals surface area contributed by atoms with Gasteiger partial charge in [-0.05, 0) is 24.3 Å². The highest BCUT2D eigenvalue weighted by Crippen LogP contribution is 2.29. The van der Waals surface area contributed by atoms with Gasteiger partial charge in [-0.2, -0.15) is 0 Å². The van der Waals surface area contributed by atoms with E-state index in [1.165, 1.54) is 6.07 Å². The van der Waals surface area contributed by atoms with Gasteiger partial charge in [0.2, 0.25) is 0 Å². The van der Waals surface area contributed by atoms with Crippen LogP contribution in [0.5, 0.6) is 0 Å². The maximum atomic E-state index is 12.5. The van der Waals surface area contributed by atoms with E-state index >= 15 is 0 Å². The fraction of sp³-hybridized carbons (Fsp3) is 0. The van der Waals surface area contributed by atoms with Crippen molar-refractivity contribution in [2.24, 2.45) is 0 Å². The Balaban J connectivity index is 2.20. The van der Waals surface area contributed by atoms with E-state index in [1.807, 2.05) is 6.07 Å². The van der Waals surface area contributed by atoms with Crippen LogP contribution in [0.25, 0.3) is 22.3 Å². The molecular weight excluding hydrogens is 276 g/mol. The Kier molecular flexibility index (Phi) is 2.15. The molecule has 0 bridgehead atoms. The Morgan fingerprint density at radius 1 is 1.00 bits per heavy atom. The molecule has 1 aliphatic rings. The number of hydrogen-bond acceptors (Lipinski definition) is 3. The van der Waals surface area contributed by atoms with Crippen LogP contribution >= 0.6 is 11.6 Å². The Morgan fingerprint density at radius 3 is 2.55 bits per heavy atom. The van der Waals surface area contributed by atoms with Gasteiger partial charge in [0, 0.05) is 10.6 Å². The predicted molar refractivity (Wildman–Crippen MR) is 76.2 cm³/mol. The molecule has 0 radical (unpaired) electrons. The third-order valence-electron chi connectivity index (χ3n) is 3.43. The highest BCUT2D eigenvalue weighted by atomic mass is 35.5. The molecule has 0 unspecified atom stereocenters. The van der Waals surface area contributed by atoms with Crippen molar-refractivity contribution in [1.82, 2.24) is 9.55 Å². The third-order valence-corrected chi connectivity index (χ3v) is 3.67. The minimum atomic E-state index is -0.381. The number of halogens is 1. The van der Waals surface area contributed by atoms with E-state index in [4.69, 9.17) is 11.6 Å². The zero-order valence-corrected chi connectivity index (χ0v) is 10.9. The number of fused-ring (bicyclic) bond motifs is 4. The van der Waals surface area contributed by atoms with Crippen LogP contribution in [0.1, 0.15) is 10.4 Å². The van der Waals surface area contributed by atoms with Crippen molar-refractivity contribution in [2.75, 3.05) is 0 Å². The summed E-state index contributed by atoms with van der Waals surface area (Å²) in [7, 11) is 0. The number of nitrogens with zero attached hydrogens (tertiary/aromatic N) is 2. The highest BCUT2D eigenvalue weighted by molar-refractivity contribution is 6.31. The summed E-state index contributed by atoms with van der Waals surface area (Å²) in [5, 5.41) is 0.794. The van der Waals surface area contributed by atoms with Crippen LogP contribution in [-0.2, 0) is 0 Å². The van der Waals surface area contributed by atoms with Gasteiger partial charge in [-0.15, -0.1) is 0 Å². The average Bonchev–Trinajstić information content (AvgIpc) is 2.74. The molecule has 0 fully saturated rings. The molecule has 2 heterocycles. The van der Waals surface area contributed by atoms with Gasteiger partial charge in [0.25, 0.3) is 11.5 Å². The summed E-state index contributed by atoms with van der Waals surface area (Å²) in [5.41, 5.74) is 1.34. The van der Waals surface area contributed by atoms with Gasteiger partial charge >= 0.3 is 0 Å². The summed E-state index contributed by atoms with van der Waals surface area (Å²) in [5.74, 6) is 0.0559. The maximum absolute atomic E-state index is 12.5. The monoisotopic (exact) mass is 282 g/mol. The first-order chi connectivity index (χ1) is 9.66. The molecule has 0 N–H and O–H groups in total. The quantitative estimate of drug-likeness (QED) is 0.498. The lowest BCUT2D eigenvalue weighted by Gasteiger charge is -2.04. The molecule has 0 saturated carbocycles. The fourth-order valence-corrected chi connectivity index (χ4v) is 2.68. The van der Waals surface area contributed by atoms with Gasteiger partial charge in [-0.25, -0.2) is 9.55 Å². The minimum Gasteiger partial charge on any atom is -0.268 e. The standard InChI is InChI=1S/C15H7ClN2O2/c16-8-5-6-12-11(7-8)15(20)18-13(17-12)9-3-1-2-4-10(9)14(18)19/h1-7H. The smallest absolute Gasteiger partial charge is 0.268 e. The van der Waals surface area contributed by atoms with E-state index in [0.29, 0.717) is 32.9 Å². The van der Waals surface area contributed by atoms with Crippen LogP contribution in [0.3, 0.4) is 0 Å². The second-order valence-electron chi connectivity index (χ2n) is 4.59. The van der Waals surface area contributed by atoms with E-state index in [2.05, 4.69) is 4.98 Å². The molecule has 5 heteroatoms. The molecule has 96 valence electrons. The van der Waals surface area contributed by atoms with Crippen LogP contribution in [0, 0.1) is 0 Å². The molecule has 2 aromatic carbocycles. The topological polar surface area (TPSA) is 52.0 Å². The lowest BCUT2D eigenvalue weighted by Crippen LogP contribution is -2.25. The maximum Gasteiger partial charge on any atom is 0.268 e. The van der Waals surface area contributed by atoms with Crippen molar-refractivity contribution < 1.29 is 4.79 Å². The largest absolute Gasteiger partial charge is 0.268 e. The molecule has 0 amide bonds. The van der Waals surface area contributed by atoms with Crippen LogP contribution in [0.2, 0.25) is 5.02 Å². The highest BCUT2D eigenvalue weighted by Gasteiger charge is 2.29. The summed E-state index contributed by atoms with van der Waals surface area (Å²) in [6.45, 7) is 0. The first kappa shape index (κ1) is 11.4. The van der Waals surface area contributed by atoms with Gasteiger partial charge in [0.1, 0.15) is 0 Å². The van der Waals surface area contributed by atoms with Crippen molar-refractivity contribution in [3.05, 3.63) is 63.4 Å². The molecule has 0 atom stereocenters. The minimum absolute atomic E-state index is 0.338. The second-order valence-corrected chi connectivity index (χ2v) is 5.02. The normalized spacial score (nSPS) is 12.6. The molecule has 0 spiro atoms. The zero-order chi connectivity index (χ0) is 13.9. The lowest BCUT2D eigenvalue weighted by molar-refractivity contribution is 0.0965. The van der Waals surface area contributed by atoms with Gasteiger partial charge in [-0.3, -0.25) is 9.59 Å². The van der Waals surface area contributed by atoms with Gasteiger partial charge in [-0.1, -0.05) is 29.8 Å². The van der Waals surface area contributed by atoms with Crippen LogP contribution in [-0.4, -0.2) is 15.5 Å². The Bertz CT molecular complexity index is 960. The lowest BCUT2D eigenvalue weighted by atomic mass is 10.1. The van der Waals surface area contributed by atoms with Crippen molar-refractivity contribution in [2.45, 2.75) is 0 Å². The number of benzene rings is 2. The third kappa shape index (κ3) is 1.34. The van der Waals surface area contributed by atoms with Crippen molar-refractivity contribution in [1.29, 1.82) is 0 Å². The van der Waals surface area contributed by atoms with Crippen molar-refractivity contribution in [3.8, 4) is 11.4 Å². The summed E-state index contributed by atoms with van der Waals surface area (Å²) in [6, 6.07) is 12.0. The molecule has 20 heavy (non-hydrogen) atoms. The number of aromatic nitrogens is 2. The summed E-state index contributed by atoms with van der Waals surface area (Å²) < 4.78 is 1.11. The number of rotatable bonds is 0. The molecule has 0 saturated heterocycles. The molecular formula is C15H7ClN2O2. The average molecular weight is 283 g/mol. The van der Waals surface area contributed by atoms with Gasteiger partial charge in [0.15, 0.2) is 5.82 Å². The summed E-state index contributed by atoms with van der Waals surface area (Å²) >= 11 is 5.91. The molecule has 3 aromatic rings. The second kappa shape index (κ2) is 3.77. The number of hydrogen-bond donors (Lipinski definition) is 0. The van der Waals surface area contributed by atoms with Crippen LogP contribution in [0.15, 0.2) is 47.3 Å². The summed E-state index contributed by atoms with van der Waals surface area (Å²) in [4.78, 5) is 29.3. The first-order valence-electron chi connectivity index (χ1n) is 6.03. The molecule has 0 aliphatic carbocycles. The Hall–Kier alpha value is -2.46. The van der Waals surface area contributed by atoms with Gasteiger partial charge < -0.3 is 0 Å². The predicted octanol–water partition coefficient (Wildman–Crippen LogP) is 2.72. The molecule has 4 rings (SSSR count). The van der Waals surface area contributed by atoms with E-state index in [9.17, 15) is 9.59 Å². The SMILES string of the molecule is O=C1c2ccccc2-c2nc3ccc(Cl)cc3c(=O)n21. The van der Waals surface area contributed by atoms with Crippen molar-refractivity contribution >= 4 is 28.4 Å². The van der Waals surface area contributed by atoms with E-state index in [1.54, 1.807) is 30.3 Å². The summed E-state index contributed by atoms with van der Waals surface area (Å²) in [6.07, 6.45) is 0. The Labute approximate surface area is 118 Å². The van der Waals surface area contributed by atoms with E-state index < -0.39 is 0 Å². The van der Waals surface area contributed by atoms with Gasteiger partial charge in [0.05, 0.1) is 16.5 Å². The fourth-order valence-electron chi connectivity index (χ4n) is 2.51. The Morgan fingerprint density at radius 2 is 1.75 bits per heavy atom. The van der Waals surface area contributed by atoms with Crippen LogP contribution in [0.4, 0.5) is 0 Å². The first-order valence-corrected chi connectivity index (χ1v) is 6.41.